The summed E-state index contributed by atoms with van der Waals surface area (Å²) in [5, 5.41) is 0. The first-order valence-electron chi connectivity index (χ1n) is 5.76. The highest BCUT2D eigenvalue weighted by atomic mass is 79.9. The number of hydrogen-bond acceptors (Lipinski definition) is 3. The van der Waals surface area contributed by atoms with E-state index < -0.39 is 0 Å². The van der Waals surface area contributed by atoms with Crippen LogP contribution in [0.25, 0.3) is 0 Å². The average Bonchev–Trinajstić information content (AvgIpc) is 2.78. The van der Waals surface area contributed by atoms with E-state index in [1.165, 1.54) is 5.56 Å². The topological polar surface area (TPSA) is 48.4 Å². The maximum absolute atomic E-state index is 6.14. The number of benzene rings is 1. The molecule has 0 aliphatic rings. The van der Waals surface area contributed by atoms with Gasteiger partial charge in [0.25, 0.3) is 0 Å². The lowest BCUT2D eigenvalue weighted by molar-refractivity contribution is 0.162. The Morgan fingerprint density at radius 2 is 2.17 bits per heavy atom. The molecule has 2 N–H and O–H groups in total. The molecule has 1 atom stereocenters. The van der Waals surface area contributed by atoms with Gasteiger partial charge in [0.05, 0.1) is 6.04 Å². The minimum atomic E-state index is -0.134. The van der Waals surface area contributed by atoms with Crippen molar-refractivity contribution >= 4 is 15.9 Å². The fourth-order valence-electron chi connectivity index (χ4n) is 1.83. The van der Waals surface area contributed by atoms with Crippen molar-refractivity contribution in [3.63, 3.8) is 0 Å². The minimum absolute atomic E-state index is 0.134. The molecule has 1 aromatic carbocycles. The second-order valence-corrected chi connectivity index (χ2v) is 5.09. The molecule has 96 valence electrons. The number of nitrogens with two attached hydrogens (primary N) is 1. The number of hydrogen-bond donors (Lipinski definition) is 1. The molecule has 2 rings (SSSR count). The number of rotatable bonds is 5. The number of furan rings is 1. The van der Waals surface area contributed by atoms with Gasteiger partial charge in [0.1, 0.15) is 18.1 Å². The van der Waals surface area contributed by atoms with Crippen LogP contribution in [0.15, 0.2) is 45.3 Å². The summed E-state index contributed by atoms with van der Waals surface area (Å²) in [6, 6.07) is 11.8. The van der Waals surface area contributed by atoms with Gasteiger partial charge in [0, 0.05) is 11.6 Å². The molecule has 18 heavy (non-hydrogen) atoms. The SMILES string of the molecule is COCc1ccc(C(N)Cc2cccc(Br)c2)o1. The lowest BCUT2D eigenvalue weighted by atomic mass is 10.1. The first kappa shape index (κ1) is 13.3. The van der Waals surface area contributed by atoms with E-state index in [0.717, 1.165) is 22.4 Å². The molecule has 0 spiro atoms. The molecule has 0 saturated heterocycles. The van der Waals surface area contributed by atoms with Crippen LogP contribution >= 0.6 is 15.9 Å². The Bertz CT molecular complexity index is 510. The normalized spacial score (nSPS) is 12.6. The van der Waals surface area contributed by atoms with Gasteiger partial charge in [-0.25, -0.2) is 0 Å². The van der Waals surface area contributed by atoms with Crippen molar-refractivity contribution in [2.75, 3.05) is 7.11 Å². The molecule has 0 amide bonds. The van der Waals surface area contributed by atoms with Crippen LogP contribution in [0, 0.1) is 0 Å². The van der Waals surface area contributed by atoms with E-state index in [0.29, 0.717) is 6.61 Å². The summed E-state index contributed by atoms with van der Waals surface area (Å²) in [6.45, 7) is 0.476. The van der Waals surface area contributed by atoms with Crippen molar-refractivity contribution in [2.24, 2.45) is 5.73 Å². The monoisotopic (exact) mass is 309 g/mol. The van der Waals surface area contributed by atoms with Crippen molar-refractivity contribution < 1.29 is 9.15 Å². The number of ether oxygens (including phenoxy) is 1. The van der Waals surface area contributed by atoms with Crippen molar-refractivity contribution in [2.45, 2.75) is 19.1 Å². The van der Waals surface area contributed by atoms with E-state index >= 15 is 0 Å². The van der Waals surface area contributed by atoms with E-state index in [4.69, 9.17) is 14.9 Å². The molecular formula is C14H16BrNO2. The summed E-state index contributed by atoms with van der Waals surface area (Å²) in [7, 11) is 1.64. The second kappa shape index (κ2) is 6.18. The Morgan fingerprint density at radius 1 is 1.33 bits per heavy atom. The lowest BCUT2D eigenvalue weighted by Crippen LogP contribution is -2.12. The van der Waals surface area contributed by atoms with Crippen LogP contribution in [0.2, 0.25) is 0 Å². The predicted octanol–water partition coefficient (Wildman–Crippen LogP) is 3.43. The molecule has 3 nitrogen and oxygen atoms in total. The molecular weight excluding hydrogens is 294 g/mol. The van der Waals surface area contributed by atoms with E-state index in [-0.39, 0.29) is 6.04 Å². The highest BCUT2D eigenvalue weighted by Crippen LogP contribution is 2.21. The maximum atomic E-state index is 6.14. The van der Waals surface area contributed by atoms with Crippen molar-refractivity contribution in [1.82, 2.24) is 0 Å². The molecule has 1 aromatic heterocycles. The van der Waals surface area contributed by atoms with E-state index in [2.05, 4.69) is 28.1 Å². The summed E-state index contributed by atoms with van der Waals surface area (Å²) in [4.78, 5) is 0. The van der Waals surface area contributed by atoms with Crippen molar-refractivity contribution in [1.29, 1.82) is 0 Å². The van der Waals surface area contributed by atoms with Crippen LogP contribution in [0.4, 0.5) is 0 Å². The maximum Gasteiger partial charge on any atom is 0.129 e. The molecule has 1 unspecified atom stereocenters. The zero-order valence-electron chi connectivity index (χ0n) is 10.2. The Morgan fingerprint density at radius 3 is 2.89 bits per heavy atom. The lowest BCUT2D eigenvalue weighted by Gasteiger charge is -2.09. The third-order valence-corrected chi connectivity index (χ3v) is 3.17. The van der Waals surface area contributed by atoms with Crippen molar-refractivity contribution in [3.05, 3.63) is 58.0 Å². The molecule has 2 aromatic rings. The first-order valence-corrected chi connectivity index (χ1v) is 6.56. The van der Waals surface area contributed by atoms with Crippen LogP contribution in [-0.4, -0.2) is 7.11 Å². The van der Waals surface area contributed by atoms with E-state index in [1.54, 1.807) is 7.11 Å². The summed E-state index contributed by atoms with van der Waals surface area (Å²) in [5.74, 6) is 1.60. The van der Waals surface area contributed by atoms with Crippen LogP contribution in [0.3, 0.4) is 0 Å². The third-order valence-electron chi connectivity index (χ3n) is 2.68. The quantitative estimate of drug-likeness (QED) is 0.920. The zero-order chi connectivity index (χ0) is 13.0. The fraction of sp³-hybridized carbons (Fsp3) is 0.286. The standard InChI is InChI=1S/C14H16BrNO2/c1-17-9-12-5-6-14(18-12)13(16)8-10-3-2-4-11(15)7-10/h2-7,13H,8-9,16H2,1H3. The highest BCUT2D eigenvalue weighted by molar-refractivity contribution is 9.10. The zero-order valence-corrected chi connectivity index (χ0v) is 11.8. The Balaban J connectivity index is 2.04. The number of halogens is 1. The summed E-state index contributed by atoms with van der Waals surface area (Å²) in [5.41, 5.74) is 7.32. The molecule has 0 saturated carbocycles. The highest BCUT2D eigenvalue weighted by Gasteiger charge is 2.12. The minimum Gasteiger partial charge on any atom is -0.462 e. The van der Waals surface area contributed by atoms with Crippen molar-refractivity contribution in [3.8, 4) is 0 Å². The van der Waals surface area contributed by atoms with E-state index in [9.17, 15) is 0 Å². The summed E-state index contributed by atoms with van der Waals surface area (Å²) in [6.07, 6.45) is 0.749. The van der Waals surface area contributed by atoms with Gasteiger partial charge in [-0.2, -0.15) is 0 Å². The van der Waals surface area contributed by atoms with E-state index in [1.807, 2.05) is 24.3 Å². The molecule has 4 heteroatoms. The molecule has 0 radical (unpaired) electrons. The van der Waals surface area contributed by atoms with Crippen LogP contribution in [-0.2, 0) is 17.8 Å². The molecule has 0 aliphatic carbocycles. The van der Waals surface area contributed by atoms with Gasteiger partial charge >= 0.3 is 0 Å². The Kier molecular flexibility index (Phi) is 4.58. The summed E-state index contributed by atoms with van der Waals surface area (Å²) >= 11 is 3.45. The largest absolute Gasteiger partial charge is 0.462 e. The average molecular weight is 310 g/mol. The van der Waals surface area contributed by atoms with Gasteiger partial charge in [-0.3, -0.25) is 0 Å². The van der Waals surface area contributed by atoms with Gasteiger partial charge in [-0.1, -0.05) is 28.1 Å². The molecule has 0 bridgehead atoms. The smallest absolute Gasteiger partial charge is 0.129 e. The first-order chi connectivity index (χ1) is 8.69. The van der Waals surface area contributed by atoms with Gasteiger partial charge in [0.2, 0.25) is 0 Å². The second-order valence-electron chi connectivity index (χ2n) is 4.18. The number of methoxy groups -OCH3 is 1. The van der Waals surface area contributed by atoms with Crippen LogP contribution in [0.1, 0.15) is 23.1 Å². The summed E-state index contributed by atoms with van der Waals surface area (Å²) < 4.78 is 11.7. The third kappa shape index (κ3) is 3.45. The Hall–Kier alpha value is -1.10. The molecule has 0 aliphatic heterocycles. The van der Waals surface area contributed by atoms with Crippen LogP contribution < -0.4 is 5.73 Å². The van der Waals surface area contributed by atoms with Crippen LogP contribution in [0.5, 0.6) is 0 Å². The van der Waals surface area contributed by atoms with Gasteiger partial charge in [-0.05, 0) is 36.2 Å². The molecule has 0 fully saturated rings. The van der Waals surface area contributed by atoms with Gasteiger partial charge in [0.15, 0.2) is 0 Å². The van der Waals surface area contributed by atoms with Gasteiger partial charge in [-0.15, -0.1) is 0 Å². The Labute approximate surface area is 115 Å². The van der Waals surface area contributed by atoms with Gasteiger partial charge < -0.3 is 14.9 Å². The molecule has 1 heterocycles. The fourth-order valence-corrected chi connectivity index (χ4v) is 2.28. The predicted molar refractivity (Wildman–Crippen MR) is 74.2 cm³/mol.